The molecule has 1 amide bonds. The van der Waals surface area contributed by atoms with E-state index in [1.54, 1.807) is 18.2 Å². The Hall–Kier alpha value is -2.82. The van der Waals surface area contributed by atoms with Crippen molar-refractivity contribution in [3.63, 3.8) is 0 Å². The van der Waals surface area contributed by atoms with E-state index in [1.165, 1.54) is 24.0 Å². The van der Waals surface area contributed by atoms with Crippen LogP contribution < -0.4 is 14.8 Å². The fourth-order valence-electron chi connectivity index (χ4n) is 3.29. The van der Waals surface area contributed by atoms with Crippen LogP contribution in [0, 0.1) is 0 Å². The van der Waals surface area contributed by atoms with E-state index in [-0.39, 0.29) is 24.9 Å². The Morgan fingerprint density at radius 2 is 1.92 bits per heavy atom. The smallest absolute Gasteiger partial charge is 0.262 e. The summed E-state index contributed by atoms with van der Waals surface area (Å²) in [6.45, 7) is -0.0336. The maximum absolute atomic E-state index is 12.4. The van der Waals surface area contributed by atoms with Gasteiger partial charge in [-0.05, 0) is 67.1 Å². The molecule has 2 aromatic rings. The molecule has 128 valence electrons. The molecule has 1 N–H and O–H groups in total. The number of aryl methyl sites for hydroxylation is 2. The highest BCUT2D eigenvalue weighted by atomic mass is 16.5. The average Bonchev–Trinajstić information content (AvgIpc) is 2.65. The topological polar surface area (TPSA) is 64.6 Å². The van der Waals surface area contributed by atoms with Crippen molar-refractivity contribution in [2.75, 3.05) is 18.5 Å². The van der Waals surface area contributed by atoms with Gasteiger partial charge in [-0.1, -0.05) is 6.07 Å². The van der Waals surface area contributed by atoms with Crippen LogP contribution in [0.5, 0.6) is 11.5 Å². The molecule has 5 heteroatoms. The highest BCUT2D eigenvalue weighted by molar-refractivity contribution is 6.01. The second kappa shape index (κ2) is 6.59. The lowest BCUT2D eigenvalue weighted by molar-refractivity contribution is -0.118. The number of hydrogen-bond acceptors (Lipinski definition) is 4. The molecule has 5 nitrogen and oxygen atoms in total. The van der Waals surface area contributed by atoms with Gasteiger partial charge in [-0.15, -0.1) is 0 Å². The monoisotopic (exact) mass is 337 g/mol. The van der Waals surface area contributed by atoms with E-state index < -0.39 is 0 Å². The van der Waals surface area contributed by atoms with Gasteiger partial charge in [-0.3, -0.25) is 9.59 Å². The summed E-state index contributed by atoms with van der Waals surface area (Å²) in [5.41, 5.74) is 3.72. The second-order valence-corrected chi connectivity index (χ2v) is 6.40. The number of nitrogens with one attached hydrogen (secondary N) is 1. The number of amides is 1. The highest BCUT2D eigenvalue weighted by Gasteiger charge is 2.18. The lowest BCUT2D eigenvalue weighted by atomic mass is 9.92. The molecule has 0 atom stereocenters. The van der Waals surface area contributed by atoms with Crippen molar-refractivity contribution >= 4 is 17.4 Å². The zero-order valence-corrected chi connectivity index (χ0v) is 13.8. The second-order valence-electron chi connectivity index (χ2n) is 6.40. The van der Waals surface area contributed by atoms with E-state index in [0.29, 0.717) is 17.0 Å². The van der Waals surface area contributed by atoms with E-state index in [2.05, 4.69) is 11.4 Å². The molecule has 1 aliphatic carbocycles. The maximum Gasteiger partial charge on any atom is 0.262 e. The van der Waals surface area contributed by atoms with Gasteiger partial charge in [0.2, 0.25) is 0 Å². The Kier molecular flexibility index (Phi) is 4.14. The van der Waals surface area contributed by atoms with Gasteiger partial charge in [0.15, 0.2) is 19.0 Å². The van der Waals surface area contributed by atoms with Gasteiger partial charge in [0, 0.05) is 5.56 Å². The lowest BCUT2D eigenvalue weighted by Gasteiger charge is -2.18. The fourth-order valence-corrected chi connectivity index (χ4v) is 3.29. The minimum absolute atomic E-state index is 0.00172. The summed E-state index contributed by atoms with van der Waals surface area (Å²) in [5.74, 6) is 0.943. The summed E-state index contributed by atoms with van der Waals surface area (Å²) in [7, 11) is 0. The minimum atomic E-state index is -0.220. The van der Waals surface area contributed by atoms with Crippen molar-refractivity contribution in [3.05, 3.63) is 53.1 Å². The molecule has 0 radical (unpaired) electrons. The van der Waals surface area contributed by atoms with Crippen LogP contribution in [-0.4, -0.2) is 24.9 Å². The summed E-state index contributed by atoms with van der Waals surface area (Å²) in [4.78, 5) is 23.8. The van der Waals surface area contributed by atoms with E-state index >= 15 is 0 Å². The van der Waals surface area contributed by atoms with Crippen molar-refractivity contribution in [1.29, 1.82) is 0 Å². The molecule has 0 bridgehead atoms. The SMILES string of the molecule is O=C1COc2ccc(C(=O)COc3ccc4c(c3)CCCC4)cc2N1. The minimum Gasteiger partial charge on any atom is -0.485 e. The molecule has 0 spiro atoms. The van der Waals surface area contributed by atoms with Gasteiger partial charge >= 0.3 is 0 Å². The van der Waals surface area contributed by atoms with E-state index in [9.17, 15) is 9.59 Å². The van der Waals surface area contributed by atoms with Crippen LogP contribution in [0.4, 0.5) is 5.69 Å². The largest absolute Gasteiger partial charge is 0.485 e. The number of ether oxygens (including phenoxy) is 2. The fraction of sp³-hybridized carbons (Fsp3) is 0.300. The first-order valence-electron chi connectivity index (χ1n) is 8.53. The lowest BCUT2D eigenvalue weighted by Crippen LogP contribution is -2.25. The van der Waals surface area contributed by atoms with Crippen LogP contribution in [0.1, 0.15) is 34.3 Å². The first kappa shape index (κ1) is 15.7. The molecule has 25 heavy (non-hydrogen) atoms. The predicted octanol–water partition coefficient (Wildman–Crippen LogP) is 3.16. The molecular formula is C20H19NO4. The average molecular weight is 337 g/mol. The number of rotatable bonds is 4. The number of carbonyl (C=O) groups excluding carboxylic acids is 2. The van der Waals surface area contributed by atoms with Gasteiger partial charge in [-0.25, -0.2) is 0 Å². The maximum atomic E-state index is 12.4. The number of ketones is 1. The number of benzene rings is 2. The number of Topliss-reactive ketones (excluding diaryl/α,β-unsaturated/α-hetero) is 1. The van der Waals surface area contributed by atoms with Gasteiger partial charge in [-0.2, -0.15) is 0 Å². The Morgan fingerprint density at radius 3 is 2.80 bits per heavy atom. The summed E-state index contributed by atoms with van der Waals surface area (Å²) in [5, 5.41) is 2.71. The summed E-state index contributed by atoms with van der Waals surface area (Å²) >= 11 is 0. The predicted molar refractivity (Wildman–Crippen MR) is 93.5 cm³/mol. The first-order chi connectivity index (χ1) is 12.2. The molecule has 0 unspecified atom stereocenters. The van der Waals surface area contributed by atoms with Crippen molar-refractivity contribution in [1.82, 2.24) is 0 Å². The third-order valence-electron chi connectivity index (χ3n) is 4.62. The Bertz CT molecular complexity index is 844. The van der Waals surface area contributed by atoms with Crippen LogP contribution in [0.3, 0.4) is 0 Å². The van der Waals surface area contributed by atoms with Crippen LogP contribution in [0.15, 0.2) is 36.4 Å². The molecule has 0 saturated carbocycles. The zero-order chi connectivity index (χ0) is 17.2. The number of anilines is 1. The quantitative estimate of drug-likeness (QED) is 0.871. The molecule has 0 aromatic heterocycles. The first-order valence-corrected chi connectivity index (χ1v) is 8.53. The third-order valence-corrected chi connectivity index (χ3v) is 4.62. The Morgan fingerprint density at radius 1 is 1.08 bits per heavy atom. The number of hydrogen-bond donors (Lipinski definition) is 1. The standard InChI is InChI=1S/C20H19NO4/c22-18(15-6-8-19-17(10-15)21-20(23)12-25-19)11-24-16-7-5-13-3-1-2-4-14(13)9-16/h5-10H,1-4,11-12H2,(H,21,23). The van der Waals surface area contributed by atoms with Gasteiger partial charge in [0.1, 0.15) is 11.5 Å². The number of carbonyl (C=O) groups is 2. The normalized spacial score (nSPS) is 15.4. The summed E-state index contributed by atoms with van der Waals surface area (Å²) in [6, 6.07) is 11.1. The van der Waals surface area contributed by atoms with Gasteiger partial charge in [0.25, 0.3) is 5.91 Å². The molecule has 1 aliphatic heterocycles. The molecule has 4 rings (SSSR count). The van der Waals surface area contributed by atoms with Crippen molar-refractivity contribution in [2.45, 2.75) is 25.7 Å². The zero-order valence-electron chi connectivity index (χ0n) is 13.8. The van der Waals surface area contributed by atoms with Crippen LogP contribution >= 0.6 is 0 Å². The van der Waals surface area contributed by atoms with Gasteiger partial charge < -0.3 is 14.8 Å². The van der Waals surface area contributed by atoms with Crippen LogP contribution in [0.2, 0.25) is 0 Å². The summed E-state index contributed by atoms with van der Waals surface area (Å²) in [6.07, 6.45) is 4.64. The van der Waals surface area contributed by atoms with Crippen molar-refractivity contribution < 1.29 is 19.1 Å². The van der Waals surface area contributed by atoms with E-state index in [1.807, 2.05) is 12.1 Å². The molecule has 1 heterocycles. The molecule has 2 aromatic carbocycles. The van der Waals surface area contributed by atoms with Crippen LogP contribution in [0.25, 0.3) is 0 Å². The van der Waals surface area contributed by atoms with E-state index in [0.717, 1.165) is 18.6 Å². The third kappa shape index (κ3) is 3.36. The van der Waals surface area contributed by atoms with Gasteiger partial charge in [0.05, 0.1) is 5.69 Å². The molecule has 2 aliphatic rings. The molecule has 0 saturated heterocycles. The number of fused-ring (bicyclic) bond motifs is 2. The Balaban J connectivity index is 1.44. The van der Waals surface area contributed by atoms with Crippen molar-refractivity contribution in [3.8, 4) is 11.5 Å². The summed E-state index contributed by atoms with van der Waals surface area (Å²) < 4.78 is 11.0. The Labute approximate surface area is 145 Å². The van der Waals surface area contributed by atoms with E-state index in [4.69, 9.17) is 9.47 Å². The van der Waals surface area contributed by atoms with Crippen molar-refractivity contribution in [2.24, 2.45) is 0 Å². The molecular weight excluding hydrogens is 318 g/mol. The molecule has 0 fully saturated rings. The highest BCUT2D eigenvalue weighted by Crippen LogP contribution is 2.29. The van der Waals surface area contributed by atoms with Crippen LogP contribution in [-0.2, 0) is 17.6 Å².